The topological polar surface area (TPSA) is 34.0 Å². The quantitative estimate of drug-likeness (QED) is 0.860. The van der Waals surface area contributed by atoms with Gasteiger partial charge in [0.05, 0.1) is 15.2 Å². The first-order chi connectivity index (χ1) is 9.00. The van der Waals surface area contributed by atoms with Crippen LogP contribution in [0, 0.1) is 0 Å². The van der Waals surface area contributed by atoms with Crippen molar-refractivity contribution in [2.75, 3.05) is 5.32 Å². The van der Waals surface area contributed by atoms with Crippen molar-refractivity contribution in [1.82, 2.24) is 4.57 Å². The summed E-state index contributed by atoms with van der Waals surface area (Å²) >= 11 is 9.37. The molecule has 2 aromatic rings. The minimum absolute atomic E-state index is 0.151. The van der Waals surface area contributed by atoms with Crippen molar-refractivity contribution in [2.24, 2.45) is 0 Å². The molecule has 0 aliphatic heterocycles. The highest BCUT2D eigenvalue weighted by Crippen LogP contribution is 2.30. The molecule has 0 spiro atoms. The highest BCUT2D eigenvalue weighted by atomic mass is 79.9. The van der Waals surface area contributed by atoms with E-state index in [9.17, 15) is 4.79 Å². The summed E-state index contributed by atoms with van der Waals surface area (Å²) in [6, 6.07) is 9.26. The number of anilines is 1. The molecular formula is C14H14BrClN2O. The smallest absolute Gasteiger partial charge is 0.272 e. The van der Waals surface area contributed by atoms with E-state index in [1.807, 2.05) is 30.7 Å². The molecule has 19 heavy (non-hydrogen) atoms. The van der Waals surface area contributed by atoms with Gasteiger partial charge in [0.15, 0.2) is 0 Å². The van der Waals surface area contributed by atoms with Gasteiger partial charge in [0.25, 0.3) is 5.91 Å². The van der Waals surface area contributed by atoms with Crippen molar-refractivity contribution >= 4 is 39.1 Å². The van der Waals surface area contributed by atoms with Gasteiger partial charge in [-0.05, 0) is 54.0 Å². The van der Waals surface area contributed by atoms with Crippen molar-refractivity contribution in [3.63, 3.8) is 0 Å². The summed E-state index contributed by atoms with van der Waals surface area (Å²) in [4.78, 5) is 12.3. The molecule has 0 saturated carbocycles. The summed E-state index contributed by atoms with van der Waals surface area (Å²) in [5, 5.41) is 3.42. The number of carbonyl (C=O) groups excluding carboxylic acids is 1. The summed E-state index contributed by atoms with van der Waals surface area (Å²) in [5.74, 6) is -0.151. The van der Waals surface area contributed by atoms with Crippen molar-refractivity contribution in [3.05, 3.63) is 51.7 Å². The summed E-state index contributed by atoms with van der Waals surface area (Å²) in [7, 11) is 0. The third-order valence-corrected chi connectivity index (χ3v) is 4.17. The van der Waals surface area contributed by atoms with Gasteiger partial charge in [-0.1, -0.05) is 17.7 Å². The average Bonchev–Trinajstić information content (AvgIpc) is 2.84. The first kappa shape index (κ1) is 14.2. The molecule has 0 aliphatic rings. The Balaban J connectivity index is 2.26. The van der Waals surface area contributed by atoms with E-state index in [1.54, 1.807) is 24.3 Å². The molecule has 3 nitrogen and oxygen atoms in total. The number of amides is 1. The predicted octanol–water partition coefficient (Wildman–Crippen LogP) is 4.74. The lowest BCUT2D eigenvalue weighted by molar-refractivity contribution is 0.101. The summed E-state index contributed by atoms with van der Waals surface area (Å²) in [5.41, 5.74) is 1.29. The zero-order valence-electron chi connectivity index (χ0n) is 10.7. The van der Waals surface area contributed by atoms with E-state index in [-0.39, 0.29) is 11.9 Å². The maximum Gasteiger partial charge on any atom is 0.272 e. The lowest BCUT2D eigenvalue weighted by Crippen LogP contribution is -2.18. The second kappa shape index (κ2) is 5.80. The lowest BCUT2D eigenvalue weighted by Gasteiger charge is -2.13. The molecule has 0 atom stereocenters. The molecule has 1 heterocycles. The Morgan fingerprint density at radius 3 is 2.74 bits per heavy atom. The molecule has 1 aromatic carbocycles. The van der Waals surface area contributed by atoms with E-state index >= 15 is 0 Å². The molecule has 0 saturated heterocycles. The van der Waals surface area contributed by atoms with Gasteiger partial charge >= 0.3 is 0 Å². The Hall–Kier alpha value is -1.26. The van der Waals surface area contributed by atoms with Gasteiger partial charge in [0.1, 0.15) is 5.69 Å². The predicted molar refractivity (Wildman–Crippen MR) is 81.9 cm³/mol. The Morgan fingerprint density at radius 1 is 1.32 bits per heavy atom. The number of hydrogen-bond donors (Lipinski definition) is 1. The van der Waals surface area contributed by atoms with Crippen LogP contribution in [-0.4, -0.2) is 10.5 Å². The summed E-state index contributed by atoms with van der Waals surface area (Å²) in [6.07, 6.45) is 1.90. The maximum absolute atomic E-state index is 12.3. The van der Waals surface area contributed by atoms with Crippen LogP contribution in [0.25, 0.3) is 0 Å². The second-order valence-electron chi connectivity index (χ2n) is 4.45. The van der Waals surface area contributed by atoms with Crippen molar-refractivity contribution < 1.29 is 4.79 Å². The SMILES string of the molecule is CC(C)n1cccc1C(=O)Nc1cccc(Cl)c1Br. The van der Waals surface area contributed by atoms with Gasteiger partial charge in [-0.3, -0.25) is 4.79 Å². The van der Waals surface area contributed by atoms with Gasteiger partial charge in [-0.15, -0.1) is 0 Å². The van der Waals surface area contributed by atoms with Crippen LogP contribution in [0.1, 0.15) is 30.4 Å². The molecule has 0 radical (unpaired) electrons. The van der Waals surface area contributed by atoms with Crippen LogP contribution in [0.5, 0.6) is 0 Å². The van der Waals surface area contributed by atoms with Gasteiger partial charge in [0.2, 0.25) is 0 Å². The fourth-order valence-electron chi connectivity index (χ4n) is 1.82. The number of halogens is 2. The van der Waals surface area contributed by atoms with E-state index in [1.165, 1.54) is 0 Å². The molecule has 1 N–H and O–H groups in total. The fourth-order valence-corrected chi connectivity index (χ4v) is 2.36. The van der Waals surface area contributed by atoms with Gasteiger partial charge in [-0.2, -0.15) is 0 Å². The van der Waals surface area contributed by atoms with E-state index in [0.717, 1.165) is 0 Å². The maximum atomic E-state index is 12.3. The number of rotatable bonds is 3. The Kier molecular flexibility index (Phi) is 4.32. The van der Waals surface area contributed by atoms with E-state index < -0.39 is 0 Å². The molecule has 1 aromatic heterocycles. The third-order valence-electron chi connectivity index (χ3n) is 2.77. The summed E-state index contributed by atoms with van der Waals surface area (Å²) < 4.78 is 2.61. The molecular weight excluding hydrogens is 328 g/mol. The molecule has 0 fully saturated rings. The van der Waals surface area contributed by atoms with Crippen LogP contribution >= 0.6 is 27.5 Å². The van der Waals surface area contributed by atoms with E-state index in [0.29, 0.717) is 20.9 Å². The number of aromatic nitrogens is 1. The van der Waals surface area contributed by atoms with E-state index in [4.69, 9.17) is 11.6 Å². The van der Waals surface area contributed by atoms with Crippen LogP contribution in [0.15, 0.2) is 41.0 Å². The Labute approximate surface area is 125 Å². The van der Waals surface area contributed by atoms with Gasteiger partial charge < -0.3 is 9.88 Å². The minimum atomic E-state index is -0.151. The lowest BCUT2D eigenvalue weighted by atomic mass is 10.3. The van der Waals surface area contributed by atoms with Gasteiger partial charge in [-0.25, -0.2) is 0 Å². The zero-order valence-corrected chi connectivity index (χ0v) is 13.0. The number of benzene rings is 1. The Morgan fingerprint density at radius 2 is 2.05 bits per heavy atom. The van der Waals surface area contributed by atoms with Crippen molar-refractivity contribution in [3.8, 4) is 0 Å². The van der Waals surface area contributed by atoms with Crippen LogP contribution in [0.2, 0.25) is 5.02 Å². The first-order valence-corrected chi connectivity index (χ1v) is 7.10. The first-order valence-electron chi connectivity index (χ1n) is 5.93. The molecule has 100 valence electrons. The zero-order chi connectivity index (χ0) is 14.0. The Bertz CT molecular complexity index is 607. The highest BCUT2D eigenvalue weighted by molar-refractivity contribution is 9.10. The fraction of sp³-hybridized carbons (Fsp3) is 0.214. The van der Waals surface area contributed by atoms with Crippen LogP contribution in [0.3, 0.4) is 0 Å². The van der Waals surface area contributed by atoms with Gasteiger partial charge in [0, 0.05) is 12.2 Å². The van der Waals surface area contributed by atoms with Crippen molar-refractivity contribution in [2.45, 2.75) is 19.9 Å². The number of nitrogens with zero attached hydrogens (tertiary/aromatic N) is 1. The number of carbonyl (C=O) groups is 1. The summed E-state index contributed by atoms with van der Waals surface area (Å²) in [6.45, 7) is 4.07. The normalized spacial score (nSPS) is 10.8. The van der Waals surface area contributed by atoms with Crippen LogP contribution in [0.4, 0.5) is 5.69 Å². The minimum Gasteiger partial charge on any atom is -0.341 e. The second-order valence-corrected chi connectivity index (χ2v) is 5.65. The molecule has 0 bridgehead atoms. The molecule has 2 rings (SSSR count). The molecule has 0 aliphatic carbocycles. The number of nitrogens with one attached hydrogen (secondary N) is 1. The molecule has 0 unspecified atom stereocenters. The van der Waals surface area contributed by atoms with Crippen molar-refractivity contribution in [1.29, 1.82) is 0 Å². The monoisotopic (exact) mass is 340 g/mol. The molecule has 5 heteroatoms. The average molecular weight is 342 g/mol. The molecule has 1 amide bonds. The largest absolute Gasteiger partial charge is 0.341 e. The van der Waals surface area contributed by atoms with Crippen LogP contribution in [-0.2, 0) is 0 Å². The number of hydrogen-bond acceptors (Lipinski definition) is 1. The third kappa shape index (κ3) is 3.01. The standard InChI is InChI=1S/C14H14BrClN2O/c1-9(2)18-8-4-7-12(18)14(19)17-11-6-3-5-10(16)13(11)15/h3-9H,1-2H3,(H,17,19). The van der Waals surface area contributed by atoms with E-state index in [2.05, 4.69) is 21.2 Å². The highest BCUT2D eigenvalue weighted by Gasteiger charge is 2.14. The van der Waals surface area contributed by atoms with Crippen LogP contribution < -0.4 is 5.32 Å².